The number of para-hydroxylation sites is 1. The maximum absolute atomic E-state index is 10.4. The first kappa shape index (κ1) is 17.1. The van der Waals surface area contributed by atoms with Crippen molar-refractivity contribution in [3.63, 3.8) is 0 Å². The molecule has 0 atom stereocenters. The van der Waals surface area contributed by atoms with Crippen LogP contribution in [0.25, 0.3) is 0 Å². The molecule has 1 aromatic rings. The number of aromatic hydroxyl groups is 1. The number of aliphatic imine (C=N–C) groups is 1. The van der Waals surface area contributed by atoms with Crippen molar-refractivity contribution in [2.24, 2.45) is 4.99 Å². The highest BCUT2D eigenvalue weighted by atomic mass is 32.2. The molecule has 2 rings (SSSR count). The minimum atomic E-state index is -0.0934. The molecule has 1 aliphatic rings. The molecule has 1 aliphatic heterocycles. The Balaban J connectivity index is 1.95. The van der Waals surface area contributed by atoms with E-state index in [1.54, 1.807) is 17.8 Å². The number of nitrogens with zero attached hydrogens (tertiary/aromatic N) is 1. The topological polar surface area (TPSA) is 71.3 Å². The van der Waals surface area contributed by atoms with E-state index >= 15 is 0 Å². The molecule has 0 aliphatic carbocycles. The molecule has 0 bridgehead atoms. The van der Waals surface area contributed by atoms with Crippen LogP contribution in [-0.2, 0) is 4.74 Å². The van der Waals surface area contributed by atoms with Gasteiger partial charge in [0.1, 0.15) is 11.7 Å². The van der Waals surface area contributed by atoms with Crippen LogP contribution in [0.3, 0.4) is 0 Å². The van der Waals surface area contributed by atoms with Gasteiger partial charge >= 0.3 is 0 Å². The molecular formula is C16H23NO4S. The summed E-state index contributed by atoms with van der Waals surface area (Å²) in [4.78, 5) is 4.64. The molecule has 122 valence electrons. The summed E-state index contributed by atoms with van der Waals surface area (Å²) in [5.41, 5.74) is 0.624. The van der Waals surface area contributed by atoms with Gasteiger partial charge in [0.25, 0.3) is 0 Å². The minimum absolute atomic E-state index is 0.0934. The number of thioether (sulfide) groups is 1. The molecule has 5 nitrogen and oxygen atoms in total. The van der Waals surface area contributed by atoms with Gasteiger partial charge in [0, 0.05) is 19.0 Å². The molecule has 0 radical (unpaired) electrons. The second-order valence-electron chi connectivity index (χ2n) is 5.71. The van der Waals surface area contributed by atoms with Crippen molar-refractivity contribution in [2.45, 2.75) is 25.8 Å². The molecule has 2 N–H and O–H groups in total. The average molecular weight is 325 g/mol. The highest BCUT2D eigenvalue weighted by molar-refractivity contribution is 8.14. The van der Waals surface area contributed by atoms with Gasteiger partial charge in [-0.05, 0) is 32.4 Å². The molecule has 1 aromatic carbocycles. The van der Waals surface area contributed by atoms with Gasteiger partial charge < -0.3 is 19.7 Å². The van der Waals surface area contributed by atoms with Crippen LogP contribution in [0.5, 0.6) is 11.5 Å². The average Bonchev–Trinajstić information content (AvgIpc) is 2.84. The lowest BCUT2D eigenvalue weighted by Crippen LogP contribution is -2.15. The van der Waals surface area contributed by atoms with Gasteiger partial charge in [0.2, 0.25) is 0 Å². The third-order valence-electron chi connectivity index (χ3n) is 3.13. The van der Waals surface area contributed by atoms with E-state index in [1.807, 2.05) is 12.1 Å². The molecule has 22 heavy (non-hydrogen) atoms. The summed E-state index contributed by atoms with van der Waals surface area (Å²) in [5, 5.41) is 19.9. The molecule has 1 heterocycles. The van der Waals surface area contributed by atoms with Crippen molar-refractivity contribution < 1.29 is 19.7 Å². The van der Waals surface area contributed by atoms with E-state index in [4.69, 9.17) is 14.6 Å². The number of ether oxygens (including phenoxy) is 2. The lowest BCUT2D eigenvalue weighted by atomic mass is 10.1. The predicted molar refractivity (Wildman–Crippen MR) is 89.2 cm³/mol. The van der Waals surface area contributed by atoms with Crippen LogP contribution in [-0.4, -0.2) is 53.0 Å². The first-order valence-electron chi connectivity index (χ1n) is 7.40. The number of aliphatic hydroxyl groups excluding tert-OH is 1. The Hall–Kier alpha value is -1.24. The molecule has 0 amide bonds. The monoisotopic (exact) mass is 325 g/mol. The van der Waals surface area contributed by atoms with E-state index < -0.39 is 0 Å². The normalized spacial score (nSPS) is 16.6. The van der Waals surface area contributed by atoms with Gasteiger partial charge in [-0.2, -0.15) is 0 Å². The highest BCUT2D eigenvalue weighted by Gasteiger charge is 2.27. The molecule has 0 unspecified atom stereocenters. The zero-order chi connectivity index (χ0) is 16.0. The molecular weight excluding hydrogens is 302 g/mol. The predicted octanol–water partition coefficient (Wildman–Crippen LogP) is 2.44. The number of benzene rings is 1. The molecule has 0 saturated carbocycles. The summed E-state index contributed by atoms with van der Waals surface area (Å²) < 4.78 is 10.9. The van der Waals surface area contributed by atoms with Crippen molar-refractivity contribution in [1.82, 2.24) is 0 Å². The summed E-state index contributed by atoms with van der Waals surface area (Å²) in [6.45, 7) is 5.57. The van der Waals surface area contributed by atoms with Crippen LogP contribution in [0, 0.1) is 0 Å². The summed E-state index contributed by atoms with van der Waals surface area (Å²) in [6.07, 6.45) is 0.619. The summed E-state index contributed by atoms with van der Waals surface area (Å²) in [7, 11) is 0. The molecule has 6 heteroatoms. The van der Waals surface area contributed by atoms with Crippen molar-refractivity contribution in [2.75, 3.05) is 32.2 Å². The smallest absolute Gasteiger partial charge is 0.167 e. The van der Waals surface area contributed by atoms with E-state index in [0.29, 0.717) is 37.6 Å². The van der Waals surface area contributed by atoms with E-state index in [1.165, 1.54) is 0 Å². The molecule has 0 saturated heterocycles. The number of phenolic OH excluding ortho intramolecular Hbond substituents is 1. The van der Waals surface area contributed by atoms with Gasteiger partial charge in [-0.15, -0.1) is 11.8 Å². The van der Waals surface area contributed by atoms with Crippen LogP contribution in [0.1, 0.15) is 25.8 Å². The third kappa shape index (κ3) is 4.63. The Morgan fingerprint density at radius 3 is 2.77 bits per heavy atom. The van der Waals surface area contributed by atoms with Crippen LogP contribution >= 0.6 is 11.8 Å². The summed E-state index contributed by atoms with van der Waals surface area (Å²) in [5.74, 6) is 1.48. The van der Waals surface area contributed by atoms with Crippen molar-refractivity contribution in [3.8, 4) is 11.5 Å². The van der Waals surface area contributed by atoms with Gasteiger partial charge in [-0.1, -0.05) is 6.07 Å². The fraction of sp³-hybridized carbons (Fsp3) is 0.562. The van der Waals surface area contributed by atoms with Gasteiger partial charge in [-0.3, -0.25) is 4.99 Å². The Bertz CT molecular complexity index is 531. The highest BCUT2D eigenvalue weighted by Crippen LogP contribution is 2.37. The number of rotatable bonds is 8. The summed E-state index contributed by atoms with van der Waals surface area (Å²) in [6, 6.07) is 5.44. The fourth-order valence-corrected chi connectivity index (χ4v) is 3.20. The van der Waals surface area contributed by atoms with Crippen molar-refractivity contribution in [3.05, 3.63) is 23.8 Å². The zero-order valence-electron chi connectivity index (χ0n) is 13.0. The number of hydrogen-bond acceptors (Lipinski definition) is 6. The second kappa shape index (κ2) is 7.85. The molecule has 0 spiro atoms. The van der Waals surface area contributed by atoms with Crippen molar-refractivity contribution >= 4 is 16.8 Å². The van der Waals surface area contributed by atoms with Crippen molar-refractivity contribution in [1.29, 1.82) is 0 Å². The van der Waals surface area contributed by atoms with Gasteiger partial charge in [-0.25, -0.2) is 0 Å². The number of hydrogen-bond donors (Lipinski definition) is 2. The molecule has 0 aromatic heterocycles. The van der Waals surface area contributed by atoms with E-state index in [2.05, 4.69) is 18.8 Å². The van der Waals surface area contributed by atoms with Gasteiger partial charge in [0.05, 0.1) is 17.7 Å². The largest absolute Gasteiger partial charge is 0.504 e. The Morgan fingerprint density at radius 2 is 2.09 bits per heavy atom. The van der Waals surface area contributed by atoms with Crippen LogP contribution in [0.2, 0.25) is 0 Å². The zero-order valence-corrected chi connectivity index (χ0v) is 13.9. The lowest BCUT2D eigenvalue weighted by molar-refractivity contribution is 0.0875. The van der Waals surface area contributed by atoms with E-state index in [-0.39, 0.29) is 17.9 Å². The second-order valence-corrected chi connectivity index (χ2v) is 6.67. The van der Waals surface area contributed by atoms with Crippen LogP contribution < -0.4 is 4.74 Å². The standard InChI is InChI=1S/C16H23NO4S/c1-16(2)11-22-15(17-16)12-5-3-6-13(14(12)19)21-10-9-20-8-4-7-18/h3,5-6,18-19H,4,7-11H2,1-2H3. The quantitative estimate of drug-likeness (QED) is 0.718. The van der Waals surface area contributed by atoms with Crippen LogP contribution in [0.15, 0.2) is 23.2 Å². The van der Waals surface area contributed by atoms with Crippen LogP contribution in [0.4, 0.5) is 0 Å². The third-order valence-corrected chi connectivity index (χ3v) is 4.56. The van der Waals surface area contributed by atoms with Gasteiger partial charge in [0.15, 0.2) is 11.5 Å². The fourth-order valence-electron chi connectivity index (χ4n) is 2.01. The summed E-state index contributed by atoms with van der Waals surface area (Å²) >= 11 is 1.65. The number of phenols is 1. The minimum Gasteiger partial charge on any atom is -0.504 e. The first-order valence-corrected chi connectivity index (χ1v) is 8.38. The maximum atomic E-state index is 10.4. The maximum Gasteiger partial charge on any atom is 0.167 e. The molecule has 0 fully saturated rings. The first-order chi connectivity index (χ1) is 10.5. The Kier molecular flexibility index (Phi) is 6.11. The Labute approximate surface area is 135 Å². The lowest BCUT2D eigenvalue weighted by Gasteiger charge is -2.11. The SMILES string of the molecule is CC1(C)CSC(c2cccc(OCCOCCCO)c2O)=N1. The number of aliphatic hydroxyl groups is 1. The van der Waals surface area contributed by atoms with E-state index in [9.17, 15) is 5.11 Å². The Morgan fingerprint density at radius 1 is 1.27 bits per heavy atom. The van der Waals surface area contributed by atoms with E-state index in [0.717, 1.165) is 10.8 Å².